The Morgan fingerprint density at radius 3 is 2.39 bits per heavy atom. The van der Waals surface area contributed by atoms with Crippen molar-refractivity contribution in [3.05, 3.63) is 48.0 Å². The van der Waals surface area contributed by atoms with Crippen LogP contribution >= 0.6 is 0 Å². The lowest BCUT2D eigenvalue weighted by atomic mass is 10.1. The Hall–Kier alpha value is -2.57. The molecule has 0 aliphatic heterocycles. The number of hydrogen-bond acceptors (Lipinski definition) is 4. The number of alkyl halides is 3. The Bertz CT molecular complexity index is 671. The summed E-state index contributed by atoms with van der Waals surface area (Å²) in [6.45, 7) is 1.65. The lowest BCUT2D eigenvalue weighted by Crippen LogP contribution is -2.18. The Morgan fingerprint density at radius 1 is 1.09 bits per heavy atom. The molecule has 0 saturated heterocycles. The third kappa shape index (κ3) is 4.45. The first kappa shape index (κ1) is 16.8. The van der Waals surface area contributed by atoms with E-state index in [1.807, 2.05) is 0 Å². The van der Waals surface area contributed by atoms with E-state index < -0.39 is 18.2 Å². The summed E-state index contributed by atoms with van der Waals surface area (Å²) in [5, 5.41) is 9.42. The molecule has 0 spiro atoms. The molecule has 1 N–H and O–H groups in total. The fourth-order valence-electron chi connectivity index (χ4n) is 2.10. The van der Waals surface area contributed by atoms with Gasteiger partial charge in [0.05, 0.1) is 7.11 Å². The van der Waals surface area contributed by atoms with Crippen molar-refractivity contribution < 1.29 is 32.5 Å². The number of rotatable bonds is 5. The summed E-state index contributed by atoms with van der Waals surface area (Å²) < 4.78 is 52.0. The first-order valence-electron chi connectivity index (χ1n) is 6.68. The molecule has 0 fully saturated rings. The summed E-state index contributed by atoms with van der Waals surface area (Å²) in [6, 6.07) is 10.3. The van der Waals surface area contributed by atoms with Gasteiger partial charge >= 0.3 is 6.36 Å². The number of ether oxygens (including phenoxy) is 3. The second kappa shape index (κ2) is 6.68. The normalized spacial score (nSPS) is 12.6. The van der Waals surface area contributed by atoms with Gasteiger partial charge in [-0.3, -0.25) is 0 Å². The van der Waals surface area contributed by atoms with Crippen LogP contribution in [0.5, 0.6) is 23.0 Å². The van der Waals surface area contributed by atoms with E-state index in [0.717, 1.165) is 6.07 Å². The summed E-state index contributed by atoms with van der Waals surface area (Å²) in [5.74, 6) is -0.0983. The number of phenolic OH excluding ortho intramolecular Hbond substituents is 1. The van der Waals surface area contributed by atoms with Crippen LogP contribution in [-0.4, -0.2) is 18.6 Å². The van der Waals surface area contributed by atoms with Crippen LogP contribution in [0.1, 0.15) is 18.6 Å². The van der Waals surface area contributed by atoms with Gasteiger partial charge in [0, 0.05) is 11.6 Å². The minimum Gasteiger partial charge on any atom is -0.508 e. The monoisotopic (exact) mass is 328 g/mol. The minimum absolute atomic E-state index is 0.0239. The minimum atomic E-state index is -4.82. The summed E-state index contributed by atoms with van der Waals surface area (Å²) >= 11 is 0. The molecule has 2 aromatic carbocycles. The van der Waals surface area contributed by atoms with Gasteiger partial charge in [-0.05, 0) is 25.1 Å². The second-order valence-corrected chi connectivity index (χ2v) is 4.68. The van der Waals surface area contributed by atoms with Crippen LogP contribution in [0.3, 0.4) is 0 Å². The first-order valence-corrected chi connectivity index (χ1v) is 6.68. The summed E-state index contributed by atoms with van der Waals surface area (Å²) in [5.41, 5.74) is 0.387. The van der Waals surface area contributed by atoms with Crippen LogP contribution in [0.25, 0.3) is 0 Å². The highest BCUT2D eigenvalue weighted by Crippen LogP contribution is 2.39. The highest BCUT2D eigenvalue weighted by molar-refractivity contribution is 5.48. The average Bonchev–Trinajstić information content (AvgIpc) is 2.45. The zero-order chi connectivity index (χ0) is 17.0. The molecule has 0 amide bonds. The molecule has 0 aromatic heterocycles. The lowest BCUT2D eigenvalue weighted by Gasteiger charge is -2.20. The van der Waals surface area contributed by atoms with Crippen LogP contribution < -0.4 is 14.2 Å². The van der Waals surface area contributed by atoms with Crippen molar-refractivity contribution in [2.24, 2.45) is 0 Å². The third-order valence-electron chi connectivity index (χ3n) is 3.01. The lowest BCUT2D eigenvalue weighted by molar-refractivity contribution is -0.275. The number of para-hydroxylation sites is 1. The standard InChI is InChI=1S/C16H15F3O4/c1-10(22-12-6-3-5-11(20)9-12)13-7-4-8-14(15(13)21-2)23-16(17,18)19/h3-10,20H,1-2H3. The van der Waals surface area contributed by atoms with Crippen molar-refractivity contribution in [3.8, 4) is 23.0 Å². The van der Waals surface area contributed by atoms with Gasteiger partial charge < -0.3 is 19.3 Å². The van der Waals surface area contributed by atoms with Gasteiger partial charge in [0.15, 0.2) is 11.5 Å². The summed E-state index contributed by atoms with van der Waals surface area (Å²) in [6.07, 6.45) is -5.44. The molecule has 23 heavy (non-hydrogen) atoms. The van der Waals surface area contributed by atoms with Gasteiger partial charge in [-0.1, -0.05) is 18.2 Å². The SMILES string of the molecule is COc1c(OC(F)(F)F)cccc1C(C)Oc1cccc(O)c1. The van der Waals surface area contributed by atoms with Crippen molar-refractivity contribution >= 4 is 0 Å². The molecule has 0 heterocycles. The molecule has 0 bridgehead atoms. The molecule has 0 saturated carbocycles. The highest BCUT2D eigenvalue weighted by atomic mass is 19.4. The molecule has 0 aliphatic rings. The molecular formula is C16H15F3O4. The van der Waals surface area contributed by atoms with E-state index in [-0.39, 0.29) is 11.5 Å². The average molecular weight is 328 g/mol. The van der Waals surface area contributed by atoms with Crippen LogP contribution in [0.2, 0.25) is 0 Å². The van der Waals surface area contributed by atoms with E-state index >= 15 is 0 Å². The van der Waals surface area contributed by atoms with E-state index in [1.165, 1.54) is 25.3 Å². The van der Waals surface area contributed by atoms with E-state index in [4.69, 9.17) is 9.47 Å². The zero-order valence-electron chi connectivity index (χ0n) is 12.4. The Balaban J connectivity index is 2.29. The quantitative estimate of drug-likeness (QED) is 0.881. The first-order chi connectivity index (χ1) is 10.8. The molecule has 124 valence electrons. The Labute approximate surface area is 131 Å². The molecule has 1 unspecified atom stereocenters. The summed E-state index contributed by atoms with van der Waals surface area (Å²) in [7, 11) is 1.25. The maximum atomic E-state index is 12.4. The molecule has 7 heteroatoms. The molecule has 1 atom stereocenters. The third-order valence-corrected chi connectivity index (χ3v) is 3.01. The summed E-state index contributed by atoms with van der Waals surface area (Å²) in [4.78, 5) is 0. The molecule has 4 nitrogen and oxygen atoms in total. The van der Waals surface area contributed by atoms with Crippen LogP contribution in [0.15, 0.2) is 42.5 Å². The van der Waals surface area contributed by atoms with Gasteiger partial charge in [0.25, 0.3) is 0 Å². The number of benzene rings is 2. The molecule has 0 aliphatic carbocycles. The Morgan fingerprint density at radius 2 is 1.78 bits per heavy atom. The van der Waals surface area contributed by atoms with Crippen molar-refractivity contribution in [1.29, 1.82) is 0 Å². The number of methoxy groups -OCH3 is 1. The smallest absolute Gasteiger partial charge is 0.508 e. The van der Waals surface area contributed by atoms with E-state index in [9.17, 15) is 18.3 Å². The molecule has 2 aromatic rings. The number of aromatic hydroxyl groups is 1. The Kier molecular flexibility index (Phi) is 4.88. The van der Waals surface area contributed by atoms with Gasteiger partial charge in [-0.15, -0.1) is 13.2 Å². The van der Waals surface area contributed by atoms with Crippen LogP contribution in [-0.2, 0) is 0 Å². The van der Waals surface area contributed by atoms with Gasteiger partial charge in [-0.2, -0.15) is 0 Å². The van der Waals surface area contributed by atoms with Crippen molar-refractivity contribution in [1.82, 2.24) is 0 Å². The second-order valence-electron chi connectivity index (χ2n) is 4.68. The number of hydrogen-bond donors (Lipinski definition) is 1. The highest BCUT2D eigenvalue weighted by Gasteiger charge is 2.33. The van der Waals surface area contributed by atoms with Gasteiger partial charge in [0.1, 0.15) is 17.6 Å². The number of phenols is 1. The van der Waals surface area contributed by atoms with Crippen LogP contribution in [0.4, 0.5) is 13.2 Å². The predicted molar refractivity (Wildman–Crippen MR) is 76.8 cm³/mol. The predicted octanol–water partition coefficient (Wildman–Crippen LogP) is 4.44. The largest absolute Gasteiger partial charge is 0.573 e. The topological polar surface area (TPSA) is 47.9 Å². The fraction of sp³-hybridized carbons (Fsp3) is 0.250. The van der Waals surface area contributed by atoms with Crippen molar-refractivity contribution in [2.75, 3.05) is 7.11 Å². The molecular weight excluding hydrogens is 313 g/mol. The molecule has 2 rings (SSSR count). The number of halogens is 3. The van der Waals surface area contributed by atoms with Gasteiger partial charge in [0.2, 0.25) is 0 Å². The zero-order valence-corrected chi connectivity index (χ0v) is 12.4. The van der Waals surface area contributed by atoms with E-state index in [0.29, 0.717) is 11.3 Å². The maximum absolute atomic E-state index is 12.4. The van der Waals surface area contributed by atoms with E-state index in [1.54, 1.807) is 25.1 Å². The van der Waals surface area contributed by atoms with Crippen molar-refractivity contribution in [2.45, 2.75) is 19.4 Å². The van der Waals surface area contributed by atoms with Gasteiger partial charge in [-0.25, -0.2) is 0 Å². The fourth-order valence-corrected chi connectivity index (χ4v) is 2.10. The van der Waals surface area contributed by atoms with Crippen LogP contribution in [0, 0.1) is 0 Å². The molecule has 0 radical (unpaired) electrons. The maximum Gasteiger partial charge on any atom is 0.573 e. The van der Waals surface area contributed by atoms with E-state index in [2.05, 4.69) is 4.74 Å². The van der Waals surface area contributed by atoms with Crippen molar-refractivity contribution in [3.63, 3.8) is 0 Å².